The van der Waals surface area contributed by atoms with Crippen LogP contribution in [0.3, 0.4) is 0 Å². The molecule has 3 nitrogen and oxygen atoms in total. The van der Waals surface area contributed by atoms with Gasteiger partial charge in [-0.1, -0.05) is 13.8 Å². The van der Waals surface area contributed by atoms with E-state index in [1.165, 1.54) is 0 Å². The van der Waals surface area contributed by atoms with Crippen molar-refractivity contribution in [3.05, 3.63) is 0 Å². The van der Waals surface area contributed by atoms with Gasteiger partial charge >= 0.3 is 5.97 Å². The Labute approximate surface area is 66.9 Å². The Morgan fingerprint density at radius 1 is 1.55 bits per heavy atom. The Kier molecular flexibility index (Phi) is 2.49. The largest absolute Gasteiger partial charge is 0.461 e. The summed E-state index contributed by atoms with van der Waals surface area (Å²) in [5.41, 5.74) is 5.56. The zero-order valence-corrected chi connectivity index (χ0v) is 7.04. The molecule has 64 valence electrons. The van der Waals surface area contributed by atoms with E-state index in [0.29, 0.717) is 0 Å². The summed E-state index contributed by atoms with van der Waals surface area (Å²) < 4.78 is 5.02. The van der Waals surface area contributed by atoms with Crippen LogP contribution in [0.15, 0.2) is 0 Å². The molecular weight excluding hydrogens is 142 g/mol. The van der Waals surface area contributed by atoms with Gasteiger partial charge in [0.05, 0.1) is 0 Å². The molecule has 1 aliphatic rings. The Hall–Kier alpha value is -0.570. The van der Waals surface area contributed by atoms with E-state index in [-0.39, 0.29) is 18.0 Å². The van der Waals surface area contributed by atoms with Gasteiger partial charge in [0.1, 0.15) is 12.1 Å². The van der Waals surface area contributed by atoms with Crippen molar-refractivity contribution < 1.29 is 9.53 Å². The van der Waals surface area contributed by atoms with E-state index < -0.39 is 6.04 Å². The number of ether oxygens (including phenoxy) is 1. The van der Waals surface area contributed by atoms with Crippen molar-refractivity contribution in [1.29, 1.82) is 0 Å². The fraction of sp³-hybridized carbons (Fsp3) is 0.875. The predicted molar refractivity (Wildman–Crippen MR) is 41.9 cm³/mol. The van der Waals surface area contributed by atoms with Crippen LogP contribution in [0, 0.1) is 5.92 Å². The van der Waals surface area contributed by atoms with Crippen molar-refractivity contribution >= 4 is 5.97 Å². The first kappa shape index (κ1) is 8.53. The fourth-order valence-corrected chi connectivity index (χ4v) is 0.701. The van der Waals surface area contributed by atoms with E-state index in [2.05, 4.69) is 0 Å². The zero-order chi connectivity index (χ0) is 8.43. The fourth-order valence-electron chi connectivity index (χ4n) is 0.701. The van der Waals surface area contributed by atoms with Crippen LogP contribution in [-0.2, 0) is 9.53 Å². The molecule has 0 saturated heterocycles. The number of esters is 1. The van der Waals surface area contributed by atoms with Gasteiger partial charge in [0.2, 0.25) is 0 Å². The highest BCUT2D eigenvalue weighted by Gasteiger charge is 2.29. The summed E-state index contributed by atoms with van der Waals surface area (Å²) >= 11 is 0. The van der Waals surface area contributed by atoms with Crippen LogP contribution < -0.4 is 5.73 Å². The molecule has 1 aliphatic carbocycles. The molecule has 11 heavy (non-hydrogen) atoms. The maximum absolute atomic E-state index is 11.1. The van der Waals surface area contributed by atoms with E-state index in [1.807, 2.05) is 13.8 Å². The molecule has 0 aromatic carbocycles. The van der Waals surface area contributed by atoms with Crippen molar-refractivity contribution in [3.63, 3.8) is 0 Å². The van der Waals surface area contributed by atoms with Crippen LogP contribution >= 0.6 is 0 Å². The van der Waals surface area contributed by atoms with E-state index in [9.17, 15) is 4.79 Å². The van der Waals surface area contributed by atoms with Crippen molar-refractivity contribution in [2.24, 2.45) is 11.7 Å². The molecule has 0 bridgehead atoms. The molecule has 3 heteroatoms. The second-order valence-electron chi connectivity index (χ2n) is 3.41. The summed E-state index contributed by atoms with van der Waals surface area (Å²) in [5.74, 6) is -0.0799. The average molecular weight is 157 g/mol. The molecule has 0 aromatic rings. The molecule has 1 rings (SSSR count). The van der Waals surface area contributed by atoms with Crippen LogP contribution in [0.1, 0.15) is 26.7 Å². The van der Waals surface area contributed by atoms with Gasteiger partial charge in [-0.25, -0.2) is 0 Å². The van der Waals surface area contributed by atoms with Gasteiger partial charge in [0.15, 0.2) is 0 Å². The maximum Gasteiger partial charge on any atom is 0.323 e. The Bertz CT molecular complexity index is 152. The number of nitrogens with two attached hydrogens (primary N) is 1. The minimum absolute atomic E-state index is 0.168. The molecular formula is C8H15NO2. The lowest BCUT2D eigenvalue weighted by atomic mass is 10.1. The standard InChI is InChI=1S/C8H15NO2/c1-5(2)7(9)8(10)11-6-3-4-6/h5-7H,3-4,9H2,1-2H3. The van der Waals surface area contributed by atoms with Crippen LogP contribution in [0.2, 0.25) is 0 Å². The minimum atomic E-state index is -0.449. The number of carbonyl (C=O) groups excluding carboxylic acids is 1. The first-order valence-electron chi connectivity index (χ1n) is 4.07. The lowest BCUT2D eigenvalue weighted by molar-refractivity contribution is -0.147. The molecule has 1 unspecified atom stereocenters. The number of rotatable bonds is 3. The Morgan fingerprint density at radius 3 is 2.45 bits per heavy atom. The quantitative estimate of drug-likeness (QED) is 0.613. The summed E-state index contributed by atoms with van der Waals surface area (Å²) in [6, 6.07) is -0.449. The summed E-state index contributed by atoms with van der Waals surface area (Å²) in [6.07, 6.45) is 2.19. The van der Waals surface area contributed by atoms with Gasteiger partial charge in [-0.05, 0) is 18.8 Å². The predicted octanol–water partition coefficient (Wildman–Crippen LogP) is 0.675. The highest BCUT2D eigenvalue weighted by Crippen LogP contribution is 2.24. The lowest BCUT2D eigenvalue weighted by Gasteiger charge is -2.13. The van der Waals surface area contributed by atoms with Gasteiger partial charge < -0.3 is 10.5 Å². The molecule has 0 spiro atoms. The summed E-state index contributed by atoms with van der Waals surface area (Å²) in [7, 11) is 0. The van der Waals surface area contributed by atoms with E-state index in [0.717, 1.165) is 12.8 Å². The van der Waals surface area contributed by atoms with Gasteiger partial charge in [0.25, 0.3) is 0 Å². The van der Waals surface area contributed by atoms with Crippen LogP contribution in [-0.4, -0.2) is 18.1 Å². The summed E-state index contributed by atoms with van der Waals surface area (Å²) in [4.78, 5) is 11.1. The second kappa shape index (κ2) is 3.22. The molecule has 0 aromatic heterocycles. The average Bonchev–Trinajstić information content (AvgIpc) is 2.69. The van der Waals surface area contributed by atoms with Crippen molar-refractivity contribution in [1.82, 2.24) is 0 Å². The third kappa shape index (κ3) is 2.50. The van der Waals surface area contributed by atoms with E-state index >= 15 is 0 Å². The molecule has 0 heterocycles. The van der Waals surface area contributed by atoms with Gasteiger partial charge in [-0.3, -0.25) is 4.79 Å². The molecule has 0 radical (unpaired) electrons. The third-order valence-electron chi connectivity index (χ3n) is 1.80. The van der Waals surface area contributed by atoms with Gasteiger partial charge in [-0.2, -0.15) is 0 Å². The first-order chi connectivity index (χ1) is 5.11. The molecule has 0 amide bonds. The van der Waals surface area contributed by atoms with E-state index in [4.69, 9.17) is 10.5 Å². The third-order valence-corrected chi connectivity index (χ3v) is 1.80. The van der Waals surface area contributed by atoms with Crippen LogP contribution in [0.25, 0.3) is 0 Å². The smallest absolute Gasteiger partial charge is 0.323 e. The Morgan fingerprint density at radius 2 is 2.09 bits per heavy atom. The number of hydrogen-bond donors (Lipinski definition) is 1. The lowest BCUT2D eigenvalue weighted by Crippen LogP contribution is -2.37. The van der Waals surface area contributed by atoms with Crippen molar-refractivity contribution in [2.45, 2.75) is 38.8 Å². The summed E-state index contributed by atoms with van der Waals surface area (Å²) in [6.45, 7) is 3.83. The Balaban J connectivity index is 2.26. The number of carbonyl (C=O) groups is 1. The molecule has 2 N–H and O–H groups in total. The van der Waals surface area contributed by atoms with Gasteiger partial charge in [-0.15, -0.1) is 0 Å². The highest BCUT2D eigenvalue weighted by atomic mass is 16.5. The van der Waals surface area contributed by atoms with Crippen LogP contribution in [0.4, 0.5) is 0 Å². The monoisotopic (exact) mass is 157 g/mol. The molecule has 0 aliphatic heterocycles. The topological polar surface area (TPSA) is 52.3 Å². The maximum atomic E-state index is 11.1. The number of hydrogen-bond acceptors (Lipinski definition) is 3. The van der Waals surface area contributed by atoms with Crippen LogP contribution in [0.5, 0.6) is 0 Å². The van der Waals surface area contributed by atoms with Gasteiger partial charge in [0, 0.05) is 0 Å². The van der Waals surface area contributed by atoms with Crippen molar-refractivity contribution in [2.75, 3.05) is 0 Å². The highest BCUT2D eigenvalue weighted by molar-refractivity contribution is 5.76. The van der Waals surface area contributed by atoms with E-state index in [1.54, 1.807) is 0 Å². The first-order valence-corrected chi connectivity index (χ1v) is 4.07. The summed E-state index contributed by atoms with van der Waals surface area (Å²) in [5, 5.41) is 0. The van der Waals surface area contributed by atoms with Crippen molar-refractivity contribution in [3.8, 4) is 0 Å². The normalized spacial score (nSPS) is 20.0. The zero-order valence-electron chi connectivity index (χ0n) is 7.04. The molecule has 1 fully saturated rings. The molecule has 1 atom stereocenters. The second-order valence-corrected chi connectivity index (χ2v) is 3.41. The minimum Gasteiger partial charge on any atom is -0.461 e. The SMILES string of the molecule is CC(C)C(N)C(=O)OC1CC1. The molecule has 1 saturated carbocycles.